The third-order valence-corrected chi connectivity index (χ3v) is 6.69. The van der Waals surface area contributed by atoms with E-state index in [2.05, 4.69) is 15.0 Å². The van der Waals surface area contributed by atoms with Crippen molar-refractivity contribution in [2.75, 3.05) is 35.1 Å². The van der Waals surface area contributed by atoms with E-state index in [1.165, 1.54) is 31.5 Å². The molecule has 0 bridgehead atoms. The maximum Gasteiger partial charge on any atom is 0.311 e. The highest BCUT2D eigenvalue weighted by Gasteiger charge is 2.26. The molecule has 11 heteroatoms. The Labute approximate surface area is 191 Å². The number of anilines is 4. The third kappa shape index (κ3) is 4.82. The Balaban J connectivity index is 1.75. The van der Waals surface area contributed by atoms with Crippen molar-refractivity contribution in [3.05, 3.63) is 70.9 Å². The summed E-state index contributed by atoms with van der Waals surface area (Å²) in [6.45, 7) is 1.49. The van der Waals surface area contributed by atoms with E-state index in [4.69, 9.17) is 4.74 Å². The zero-order valence-corrected chi connectivity index (χ0v) is 18.7. The first-order valence-corrected chi connectivity index (χ1v) is 11.8. The number of para-hydroxylation sites is 2. The number of nitrogens with one attached hydrogen (secondary N) is 2. The highest BCUT2D eigenvalue weighted by molar-refractivity contribution is 7.93. The summed E-state index contributed by atoms with van der Waals surface area (Å²) in [6.07, 6.45) is 3.37. The van der Waals surface area contributed by atoms with Crippen molar-refractivity contribution in [3.8, 4) is 5.75 Å². The van der Waals surface area contributed by atoms with E-state index >= 15 is 0 Å². The monoisotopic (exact) mass is 469 g/mol. The van der Waals surface area contributed by atoms with Gasteiger partial charge in [-0.3, -0.25) is 14.8 Å². The van der Waals surface area contributed by atoms with Gasteiger partial charge in [0.2, 0.25) is 5.82 Å². The number of benzene rings is 2. The minimum absolute atomic E-state index is 0.0254. The van der Waals surface area contributed by atoms with E-state index in [1.54, 1.807) is 36.4 Å². The number of hydrogen-bond acceptors (Lipinski definition) is 8. The van der Waals surface area contributed by atoms with Crippen molar-refractivity contribution in [1.82, 2.24) is 4.98 Å². The lowest BCUT2D eigenvalue weighted by atomic mass is 10.2. The minimum Gasteiger partial charge on any atom is -0.495 e. The number of pyridine rings is 1. The molecule has 0 saturated carbocycles. The predicted molar refractivity (Wildman–Crippen MR) is 126 cm³/mol. The van der Waals surface area contributed by atoms with Crippen molar-refractivity contribution >= 4 is 38.6 Å². The molecule has 0 radical (unpaired) electrons. The second-order valence-corrected chi connectivity index (χ2v) is 9.09. The first-order chi connectivity index (χ1) is 15.9. The summed E-state index contributed by atoms with van der Waals surface area (Å²) in [4.78, 5) is 16.9. The van der Waals surface area contributed by atoms with Crippen LogP contribution in [-0.2, 0) is 10.0 Å². The van der Waals surface area contributed by atoms with Crippen molar-refractivity contribution < 1.29 is 18.1 Å². The average Bonchev–Trinajstić information content (AvgIpc) is 3.34. The van der Waals surface area contributed by atoms with E-state index in [0.717, 1.165) is 25.9 Å². The van der Waals surface area contributed by atoms with Gasteiger partial charge in [-0.2, -0.15) is 0 Å². The van der Waals surface area contributed by atoms with Crippen molar-refractivity contribution in [2.24, 2.45) is 0 Å². The molecule has 1 fully saturated rings. The van der Waals surface area contributed by atoms with Crippen molar-refractivity contribution in [1.29, 1.82) is 0 Å². The Morgan fingerprint density at radius 3 is 2.58 bits per heavy atom. The topological polar surface area (TPSA) is 127 Å². The smallest absolute Gasteiger partial charge is 0.311 e. The number of hydrogen-bond donors (Lipinski definition) is 2. The third-order valence-electron chi connectivity index (χ3n) is 5.29. The fourth-order valence-corrected chi connectivity index (χ4v) is 5.05. The van der Waals surface area contributed by atoms with E-state index in [1.807, 2.05) is 4.90 Å². The molecule has 0 unspecified atom stereocenters. The standard InChI is InChI=1S/C22H23N5O5S/c1-32-20-9-3-2-7-17(20)25-33(30,31)21-15-16(10-11-18(21)26-13-4-5-14-26)24-22-19(27(28)29)8-6-12-23-22/h2-3,6-12,15,25H,4-5,13-14H2,1H3,(H,23,24). The van der Waals surface area contributed by atoms with Crippen LogP contribution >= 0.6 is 0 Å². The van der Waals surface area contributed by atoms with Crippen molar-refractivity contribution in [2.45, 2.75) is 17.7 Å². The van der Waals surface area contributed by atoms with Gasteiger partial charge in [0, 0.05) is 31.0 Å². The summed E-state index contributed by atoms with van der Waals surface area (Å²) in [7, 11) is -2.56. The van der Waals surface area contributed by atoms with Crippen LogP contribution in [0.4, 0.5) is 28.6 Å². The van der Waals surface area contributed by atoms with Crippen LogP contribution in [0.2, 0.25) is 0 Å². The van der Waals surface area contributed by atoms with Crippen LogP contribution in [0.25, 0.3) is 0 Å². The van der Waals surface area contributed by atoms with Crippen LogP contribution in [0.5, 0.6) is 5.75 Å². The van der Waals surface area contributed by atoms with E-state index in [9.17, 15) is 18.5 Å². The second kappa shape index (κ2) is 9.33. The van der Waals surface area contributed by atoms with Gasteiger partial charge in [0.05, 0.1) is 23.4 Å². The van der Waals surface area contributed by atoms with Crippen molar-refractivity contribution in [3.63, 3.8) is 0 Å². The molecule has 0 amide bonds. The molecule has 2 aromatic carbocycles. The average molecular weight is 470 g/mol. The lowest BCUT2D eigenvalue weighted by Crippen LogP contribution is -2.23. The molecule has 1 aliphatic rings. The molecule has 172 valence electrons. The summed E-state index contributed by atoms with van der Waals surface area (Å²) in [5, 5.41) is 14.2. The number of aromatic nitrogens is 1. The molecule has 2 heterocycles. The fraction of sp³-hybridized carbons (Fsp3) is 0.227. The Hall–Kier alpha value is -3.86. The number of ether oxygens (including phenoxy) is 1. The van der Waals surface area contributed by atoms with Gasteiger partial charge in [0.1, 0.15) is 10.6 Å². The van der Waals surface area contributed by atoms with Gasteiger partial charge in [-0.05, 0) is 49.2 Å². The number of nitro groups is 1. The summed E-state index contributed by atoms with van der Waals surface area (Å²) in [5.74, 6) is 0.416. The molecule has 1 aromatic heterocycles. The van der Waals surface area contributed by atoms with Gasteiger partial charge in [0.15, 0.2) is 0 Å². The van der Waals surface area contributed by atoms with Gasteiger partial charge in [-0.1, -0.05) is 12.1 Å². The van der Waals surface area contributed by atoms with Crippen LogP contribution in [0.15, 0.2) is 65.7 Å². The quantitative estimate of drug-likeness (QED) is 0.372. The molecule has 2 N–H and O–H groups in total. The first-order valence-electron chi connectivity index (χ1n) is 10.3. The van der Waals surface area contributed by atoms with E-state index in [0.29, 0.717) is 22.8 Å². The molecule has 0 atom stereocenters. The molecule has 4 rings (SSSR count). The predicted octanol–water partition coefficient (Wildman–Crippen LogP) is 4.14. The molecule has 1 saturated heterocycles. The number of rotatable bonds is 8. The lowest BCUT2D eigenvalue weighted by Gasteiger charge is -2.23. The number of methoxy groups -OCH3 is 1. The van der Waals surface area contributed by atoms with Gasteiger partial charge < -0.3 is 15.0 Å². The molecular formula is C22H23N5O5S. The van der Waals surface area contributed by atoms with Gasteiger partial charge in [0.25, 0.3) is 10.0 Å². The first kappa shape index (κ1) is 22.3. The molecular weight excluding hydrogens is 446 g/mol. The number of sulfonamides is 1. The zero-order chi connectivity index (χ0) is 23.4. The van der Waals surface area contributed by atoms with Gasteiger partial charge in [-0.25, -0.2) is 13.4 Å². The summed E-state index contributed by atoms with van der Waals surface area (Å²) < 4.78 is 34.8. The summed E-state index contributed by atoms with van der Waals surface area (Å²) in [5.41, 5.74) is 1.03. The van der Waals surface area contributed by atoms with E-state index < -0.39 is 14.9 Å². The zero-order valence-electron chi connectivity index (χ0n) is 17.9. The Morgan fingerprint density at radius 2 is 1.85 bits per heavy atom. The van der Waals surface area contributed by atoms with Crippen LogP contribution in [-0.4, -0.2) is 38.5 Å². The van der Waals surface area contributed by atoms with Crippen LogP contribution in [0, 0.1) is 10.1 Å². The lowest BCUT2D eigenvalue weighted by molar-refractivity contribution is -0.384. The Morgan fingerprint density at radius 1 is 1.09 bits per heavy atom. The molecule has 1 aliphatic heterocycles. The van der Waals surface area contributed by atoms with Crippen LogP contribution in [0.1, 0.15) is 12.8 Å². The SMILES string of the molecule is COc1ccccc1NS(=O)(=O)c1cc(Nc2ncccc2[N+](=O)[O-])ccc1N1CCCC1. The van der Waals surface area contributed by atoms with Gasteiger partial charge >= 0.3 is 5.69 Å². The highest BCUT2D eigenvalue weighted by Crippen LogP contribution is 2.35. The second-order valence-electron chi connectivity index (χ2n) is 7.44. The number of nitrogens with zero attached hydrogens (tertiary/aromatic N) is 3. The highest BCUT2D eigenvalue weighted by atomic mass is 32.2. The Kier molecular flexibility index (Phi) is 6.31. The molecule has 10 nitrogen and oxygen atoms in total. The summed E-state index contributed by atoms with van der Waals surface area (Å²) >= 11 is 0. The minimum atomic E-state index is -4.02. The fourth-order valence-electron chi connectivity index (χ4n) is 3.73. The van der Waals surface area contributed by atoms with E-state index in [-0.39, 0.29) is 16.4 Å². The molecule has 0 spiro atoms. The molecule has 0 aliphatic carbocycles. The molecule has 33 heavy (non-hydrogen) atoms. The van der Waals surface area contributed by atoms with Crippen LogP contribution in [0.3, 0.4) is 0 Å². The Bertz CT molecular complexity index is 1280. The summed E-state index contributed by atoms with van der Waals surface area (Å²) in [6, 6.07) is 14.4. The normalized spacial score (nSPS) is 13.5. The maximum absolute atomic E-state index is 13.5. The van der Waals surface area contributed by atoms with Crippen LogP contribution < -0.4 is 19.7 Å². The largest absolute Gasteiger partial charge is 0.495 e. The van der Waals surface area contributed by atoms with Gasteiger partial charge in [-0.15, -0.1) is 0 Å². The maximum atomic E-state index is 13.5. The molecule has 3 aromatic rings.